The molecule has 0 aliphatic rings. The van der Waals surface area contributed by atoms with Gasteiger partial charge >= 0.3 is 0 Å². The molecule has 0 heterocycles. The van der Waals surface area contributed by atoms with Gasteiger partial charge < -0.3 is 10.6 Å². The van der Waals surface area contributed by atoms with E-state index in [0.29, 0.717) is 28.7 Å². The molecule has 2 N–H and O–H groups in total. The third kappa shape index (κ3) is 5.76. The molecule has 0 spiro atoms. The van der Waals surface area contributed by atoms with Crippen molar-refractivity contribution in [3.8, 4) is 0 Å². The lowest BCUT2D eigenvalue weighted by molar-refractivity contribution is -0.116. The molecule has 0 aromatic heterocycles. The van der Waals surface area contributed by atoms with E-state index in [1.54, 1.807) is 18.2 Å². The van der Waals surface area contributed by atoms with Gasteiger partial charge in [0.25, 0.3) is 0 Å². The lowest BCUT2D eigenvalue weighted by atomic mass is 10.2. The fourth-order valence-corrected chi connectivity index (χ4v) is 2.41. The van der Waals surface area contributed by atoms with Crippen molar-refractivity contribution in [1.29, 1.82) is 0 Å². The highest BCUT2D eigenvalue weighted by atomic mass is 35.5. The topological polar surface area (TPSA) is 41.1 Å². The maximum Gasteiger partial charge on any atom is 0.225 e. The Balaban J connectivity index is 1.72. The Labute approximate surface area is 134 Å². The van der Waals surface area contributed by atoms with Gasteiger partial charge in [0.2, 0.25) is 5.91 Å². The van der Waals surface area contributed by atoms with E-state index in [-0.39, 0.29) is 5.91 Å². The maximum atomic E-state index is 11.8. The highest BCUT2D eigenvalue weighted by Crippen LogP contribution is 2.22. The minimum Gasteiger partial charge on any atom is -0.326 e. The molecule has 0 saturated heterocycles. The Morgan fingerprint density at radius 2 is 1.67 bits per heavy atom. The normalized spacial score (nSPS) is 10.4. The molecular weight excluding hydrogens is 307 g/mol. The van der Waals surface area contributed by atoms with Crippen LogP contribution in [0.5, 0.6) is 0 Å². The number of carbonyl (C=O) groups is 1. The van der Waals surface area contributed by atoms with E-state index in [1.165, 1.54) is 5.56 Å². The quantitative estimate of drug-likeness (QED) is 0.786. The minimum atomic E-state index is -0.0751. The lowest BCUT2D eigenvalue weighted by Crippen LogP contribution is -2.21. The van der Waals surface area contributed by atoms with Gasteiger partial charge in [-0.15, -0.1) is 0 Å². The monoisotopic (exact) mass is 322 g/mol. The highest BCUT2D eigenvalue weighted by molar-refractivity contribution is 6.35. The van der Waals surface area contributed by atoms with E-state index in [4.69, 9.17) is 23.2 Å². The second-order valence-corrected chi connectivity index (χ2v) is 5.49. The van der Waals surface area contributed by atoms with Gasteiger partial charge in [0.15, 0.2) is 0 Å². The first kappa shape index (κ1) is 15.8. The van der Waals surface area contributed by atoms with Gasteiger partial charge in [0.1, 0.15) is 0 Å². The average molecular weight is 323 g/mol. The van der Waals surface area contributed by atoms with Crippen molar-refractivity contribution < 1.29 is 4.79 Å². The van der Waals surface area contributed by atoms with Crippen LogP contribution in [0.15, 0.2) is 48.5 Å². The van der Waals surface area contributed by atoms with Gasteiger partial charge in [-0.2, -0.15) is 0 Å². The Bertz CT molecular complexity index is 582. The predicted octanol–water partition coefficient (Wildman–Crippen LogP) is 4.11. The molecule has 2 rings (SSSR count). The number of hydrogen-bond donors (Lipinski definition) is 2. The summed E-state index contributed by atoms with van der Waals surface area (Å²) in [5.41, 5.74) is 1.81. The van der Waals surface area contributed by atoms with Crippen LogP contribution >= 0.6 is 23.2 Å². The second kappa shape index (κ2) is 8.03. The third-order valence-corrected chi connectivity index (χ3v) is 3.28. The number of rotatable bonds is 6. The van der Waals surface area contributed by atoms with E-state index < -0.39 is 0 Å². The van der Waals surface area contributed by atoms with Gasteiger partial charge in [-0.25, -0.2) is 0 Å². The van der Waals surface area contributed by atoms with Crippen LogP contribution in [0.4, 0.5) is 5.69 Å². The highest BCUT2D eigenvalue weighted by Gasteiger charge is 2.04. The van der Waals surface area contributed by atoms with Crippen LogP contribution in [0.3, 0.4) is 0 Å². The van der Waals surface area contributed by atoms with Crippen LogP contribution in [-0.4, -0.2) is 12.5 Å². The molecular formula is C16H16Cl2N2O. The number of amides is 1. The number of hydrogen-bond acceptors (Lipinski definition) is 2. The molecule has 0 radical (unpaired) electrons. The standard InChI is InChI=1S/C16H16Cl2N2O/c17-13-8-14(18)10-15(9-13)20-16(21)6-7-19-11-12-4-2-1-3-5-12/h1-5,8-10,19H,6-7,11H2,(H,20,21). The zero-order valence-electron chi connectivity index (χ0n) is 11.4. The van der Waals surface area contributed by atoms with Crippen LogP contribution < -0.4 is 10.6 Å². The average Bonchev–Trinajstić information content (AvgIpc) is 2.43. The summed E-state index contributed by atoms with van der Waals surface area (Å²) in [4.78, 5) is 11.8. The molecule has 0 saturated carbocycles. The second-order valence-electron chi connectivity index (χ2n) is 4.62. The van der Waals surface area contributed by atoms with Crippen molar-refractivity contribution in [2.75, 3.05) is 11.9 Å². The lowest BCUT2D eigenvalue weighted by Gasteiger charge is -2.07. The van der Waals surface area contributed by atoms with Crippen molar-refractivity contribution >= 4 is 34.8 Å². The van der Waals surface area contributed by atoms with Crippen LogP contribution in [0.1, 0.15) is 12.0 Å². The van der Waals surface area contributed by atoms with Gasteiger partial charge in [0.05, 0.1) is 0 Å². The largest absolute Gasteiger partial charge is 0.326 e. The summed E-state index contributed by atoms with van der Waals surface area (Å²) in [5, 5.41) is 7.00. The van der Waals surface area contributed by atoms with E-state index >= 15 is 0 Å². The molecule has 110 valence electrons. The number of benzene rings is 2. The first-order valence-corrected chi connectivity index (χ1v) is 7.39. The fourth-order valence-electron chi connectivity index (χ4n) is 1.88. The summed E-state index contributed by atoms with van der Waals surface area (Å²) in [6.45, 7) is 1.35. The Kier molecular flexibility index (Phi) is 6.05. The molecule has 0 fully saturated rings. The number of carbonyl (C=O) groups excluding carboxylic acids is 1. The molecule has 0 aliphatic carbocycles. The molecule has 21 heavy (non-hydrogen) atoms. The molecule has 2 aromatic rings. The Morgan fingerprint density at radius 3 is 2.33 bits per heavy atom. The van der Waals surface area contributed by atoms with Crippen LogP contribution in [-0.2, 0) is 11.3 Å². The van der Waals surface area contributed by atoms with Crippen molar-refractivity contribution in [2.24, 2.45) is 0 Å². The van der Waals surface area contributed by atoms with Gasteiger partial charge in [0, 0.05) is 35.2 Å². The van der Waals surface area contributed by atoms with Crippen molar-refractivity contribution in [1.82, 2.24) is 5.32 Å². The van der Waals surface area contributed by atoms with E-state index in [0.717, 1.165) is 6.54 Å². The van der Waals surface area contributed by atoms with Crippen LogP contribution in [0.2, 0.25) is 10.0 Å². The van der Waals surface area contributed by atoms with E-state index in [2.05, 4.69) is 10.6 Å². The van der Waals surface area contributed by atoms with Crippen molar-refractivity contribution in [3.63, 3.8) is 0 Å². The zero-order valence-corrected chi connectivity index (χ0v) is 12.9. The van der Waals surface area contributed by atoms with Crippen LogP contribution in [0.25, 0.3) is 0 Å². The van der Waals surface area contributed by atoms with Crippen molar-refractivity contribution in [3.05, 3.63) is 64.1 Å². The first-order chi connectivity index (χ1) is 10.1. The molecule has 0 bridgehead atoms. The SMILES string of the molecule is O=C(CCNCc1ccccc1)Nc1cc(Cl)cc(Cl)c1. The fraction of sp³-hybridized carbons (Fsp3) is 0.188. The third-order valence-electron chi connectivity index (χ3n) is 2.85. The molecule has 5 heteroatoms. The molecule has 3 nitrogen and oxygen atoms in total. The summed E-state index contributed by atoms with van der Waals surface area (Å²) in [6.07, 6.45) is 0.386. The van der Waals surface area contributed by atoms with Crippen molar-refractivity contribution in [2.45, 2.75) is 13.0 Å². The summed E-state index contributed by atoms with van der Waals surface area (Å²) in [7, 11) is 0. The molecule has 2 aromatic carbocycles. The number of anilines is 1. The number of halogens is 2. The Morgan fingerprint density at radius 1 is 1.00 bits per heavy atom. The summed E-state index contributed by atoms with van der Waals surface area (Å²) < 4.78 is 0. The molecule has 0 aliphatic heterocycles. The van der Waals surface area contributed by atoms with E-state index in [9.17, 15) is 4.79 Å². The summed E-state index contributed by atoms with van der Waals surface area (Å²) in [5.74, 6) is -0.0751. The van der Waals surface area contributed by atoms with Gasteiger partial charge in [-0.1, -0.05) is 53.5 Å². The predicted molar refractivity (Wildman–Crippen MR) is 87.9 cm³/mol. The zero-order chi connectivity index (χ0) is 15.1. The minimum absolute atomic E-state index is 0.0751. The molecule has 0 unspecified atom stereocenters. The molecule has 0 atom stereocenters. The Hall–Kier alpha value is -1.55. The maximum absolute atomic E-state index is 11.8. The smallest absolute Gasteiger partial charge is 0.225 e. The summed E-state index contributed by atoms with van der Waals surface area (Å²) >= 11 is 11.8. The molecule has 1 amide bonds. The van der Waals surface area contributed by atoms with Gasteiger partial charge in [-0.3, -0.25) is 4.79 Å². The van der Waals surface area contributed by atoms with Crippen LogP contribution in [0, 0.1) is 0 Å². The van der Waals surface area contributed by atoms with Gasteiger partial charge in [-0.05, 0) is 23.8 Å². The first-order valence-electron chi connectivity index (χ1n) is 6.64. The summed E-state index contributed by atoms with van der Waals surface area (Å²) in [6, 6.07) is 15.0. The van der Waals surface area contributed by atoms with E-state index in [1.807, 2.05) is 30.3 Å². The number of nitrogens with one attached hydrogen (secondary N) is 2.